The lowest BCUT2D eigenvalue weighted by Gasteiger charge is -2.27. The van der Waals surface area contributed by atoms with E-state index in [4.69, 9.17) is 0 Å². The topological polar surface area (TPSA) is 37.4 Å². The number of Topliss-reactive ketones (excluding diaryl/α,β-unsaturated/α-hetero) is 2. The zero-order chi connectivity index (χ0) is 21.3. The first-order valence-corrected chi connectivity index (χ1v) is 8.08. The maximum Gasteiger partial charge on any atom is 0.454 e. The number of benzene rings is 2. The number of alkyl halides is 6. The van der Waals surface area contributed by atoms with Gasteiger partial charge in [-0.1, -0.05) is 30.3 Å². The molecule has 150 valence electrons. The summed E-state index contributed by atoms with van der Waals surface area (Å²) in [5, 5.41) is -0.255. The molecule has 2 rings (SSSR count). The number of fused-ring (bicyclic) bond motifs is 1. The molecule has 9 heteroatoms. The highest BCUT2D eigenvalue weighted by molar-refractivity contribution is 6.19. The lowest BCUT2D eigenvalue weighted by Crippen LogP contribution is -2.30. The van der Waals surface area contributed by atoms with E-state index >= 15 is 0 Å². The van der Waals surface area contributed by atoms with Gasteiger partial charge >= 0.3 is 12.4 Å². The van der Waals surface area contributed by atoms with Crippen molar-refractivity contribution in [2.45, 2.75) is 19.3 Å². The third kappa shape index (κ3) is 4.02. The van der Waals surface area contributed by atoms with E-state index < -0.39 is 35.0 Å². The Morgan fingerprint density at radius 1 is 0.964 bits per heavy atom. The monoisotopic (exact) mass is 403 g/mol. The highest BCUT2D eigenvalue weighted by Gasteiger charge is 2.44. The van der Waals surface area contributed by atoms with Gasteiger partial charge in [-0.25, -0.2) is 0 Å². The standard InChI is InChI=1S/C19H15F6NO2/c1-3-9-26(4-2)15-12-8-6-5-7-11(12)13(16(27)18(20,21)22)10-14(15)17(28)19(23,24)25/h3,5-8,10H,1,4,9H2,2H3. The molecule has 0 aliphatic carbocycles. The summed E-state index contributed by atoms with van der Waals surface area (Å²) < 4.78 is 78.4. The van der Waals surface area contributed by atoms with Gasteiger partial charge in [-0.3, -0.25) is 9.59 Å². The molecular formula is C19H15F6NO2. The second-order valence-electron chi connectivity index (χ2n) is 5.85. The summed E-state index contributed by atoms with van der Waals surface area (Å²) >= 11 is 0. The van der Waals surface area contributed by atoms with Crippen LogP contribution in [0, 0.1) is 0 Å². The maximum atomic E-state index is 13.1. The highest BCUT2D eigenvalue weighted by Crippen LogP contribution is 2.38. The molecule has 0 saturated heterocycles. The number of halogens is 6. The van der Waals surface area contributed by atoms with Crippen molar-refractivity contribution in [3.8, 4) is 0 Å². The van der Waals surface area contributed by atoms with E-state index in [0.717, 1.165) is 0 Å². The van der Waals surface area contributed by atoms with Crippen LogP contribution in [-0.2, 0) is 0 Å². The summed E-state index contributed by atoms with van der Waals surface area (Å²) in [6, 6.07) is 5.61. The van der Waals surface area contributed by atoms with Crippen LogP contribution < -0.4 is 4.90 Å². The van der Waals surface area contributed by atoms with E-state index in [2.05, 4.69) is 6.58 Å². The van der Waals surface area contributed by atoms with E-state index in [1.807, 2.05) is 0 Å². The highest BCUT2D eigenvalue weighted by atomic mass is 19.4. The molecule has 28 heavy (non-hydrogen) atoms. The van der Waals surface area contributed by atoms with Gasteiger partial charge in [-0.05, 0) is 18.4 Å². The van der Waals surface area contributed by atoms with Crippen LogP contribution in [0.4, 0.5) is 32.0 Å². The number of carbonyl (C=O) groups is 2. The van der Waals surface area contributed by atoms with Gasteiger partial charge in [0.2, 0.25) is 0 Å². The van der Waals surface area contributed by atoms with Crippen LogP contribution >= 0.6 is 0 Å². The lowest BCUT2D eigenvalue weighted by molar-refractivity contribution is -0.0886. The normalized spacial score (nSPS) is 12.1. The predicted molar refractivity (Wildman–Crippen MR) is 92.8 cm³/mol. The molecule has 0 bridgehead atoms. The molecule has 2 aromatic carbocycles. The largest absolute Gasteiger partial charge is 0.454 e. The third-order valence-electron chi connectivity index (χ3n) is 4.07. The van der Waals surface area contributed by atoms with E-state index in [-0.39, 0.29) is 29.5 Å². The quantitative estimate of drug-likeness (QED) is 0.371. The van der Waals surface area contributed by atoms with Crippen LogP contribution in [0.25, 0.3) is 10.8 Å². The minimum absolute atomic E-state index is 0.0468. The first-order chi connectivity index (χ1) is 12.9. The molecule has 0 spiro atoms. The van der Waals surface area contributed by atoms with Crippen molar-refractivity contribution >= 4 is 28.0 Å². The average molecular weight is 403 g/mol. The van der Waals surface area contributed by atoms with Crippen LogP contribution in [0.1, 0.15) is 27.6 Å². The van der Waals surface area contributed by atoms with Crippen molar-refractivity contribution in [2.24, 2.45) is 0 Å². The van der Waals surface area contributed by atoms with E-state index in [9.17, 15) is 35.9 Å². The van der Waals surface area contributed by atoms with Crippen LogP contribution in [-0.4, -0.2) is 37.0 Å². The Kier molecular flexibility index (Phi) is 5.86. The number of hydrogen-bond acceptors (Lipinski definition) is 3. The number of nitrogens with zero attached hydrogens (tertiary/aromatic N) is 1. The van der Waals surface area contributed by atoms with Gasteiger partial charge in [0.1, 0.15) is 0 Å². The maximum absolute atomic E-state index is 13.1. The third-order valence-corrected chi connectivity index (χ3v) is 4.07. The van der Waals surface area contributed by atoms with Crippen molar-refractivity contribution in [3.05, 3.63) is 54.1 Å². The number of anilines is 1. The molecule has 0 atom stereocenters. The fraction of sp³-hybridized carbons (Fsp3) is 0.263. The minimum atomic E-state index is -5.33. The van der Waals surface area contributed by atoms with Crippen LogP contribution in [0.3, 0.4) is 0 Å². The second kappa shape index (κ2) is 7.65. The molecular weight excluding hydrogens is 388 g/mol. The first kappa shape index (κ1) is 21.5. The number of hydrogen-bond donors (Lipinski definition) is 0. The molecule has 2 aromatic rings. The Labute approximate surface area is 156 Å². The summed E-state index contributed by atoms with van der Waals surface area (Å²) in [7, 11) is 0. The first-order valence-electron chi connectivity index (χ1n) is 8.08. The van der Waals surface area contributed by atoms with Crippen LogP contribution in [0.15, 0.2) is 43.0 Å². The Morgan fingerprint density at radius 2 is 1.46 bits per heavy atom. The molecule has 0 amide bonds. The molecule has 0 N–H and O–H groups in total. The van der Waals surface area contributed by atoms with Gasteiger partial charge in [0, 0.05) is 24.0 Å². The van der Waals surface area contributed by atoms with E-state index in [1.54, 1.807) is 6.92 Å². The van der Waals surface area contributed by atoms with Crippen molar-refractivity contribution in [1.82, 2.24) is 0 Å². The minimum Gasteiger partial charge on any atom is -0.367 e. The molecule has 0 fully saturated rings. The summed E-state index contributed by atoms with van der Waals surface area (Å²) in [6.07, 6.45) is -9.26. The summed E-state index contributed by atoms with van der Waals surface area (Å²) in [5.74, 6) is -4.65. The van der Waals surface area contributed by atoms with Gasteiger partial charge in [0.05, 0.1) is 11.3 Å². The Bertz CT molecular complexity index is 930. The second-order valence-corrected chi connectivity index (χ2v) is 5.85. The van der Waals surface area contributed by atoms with Crippen molar-refractivity contribution in [2.75, 3.05) is 18.0 Å². The Hall–Kier alpha value is -2.84. The molecule has 0 aliphatic heterocycles. The summed E-state index contributed by atoms with van der Waals surface area (Å²) in [4.78, 5) is 25.2. The SMILES string of the molecule is C=CCN(CC)c1c(C(=O)C(F)(F)F)cc(C(=O)C(F)(F)F)c2ccccc12. The van der Waals surface area contributed by atoms with Gasteiger partial charge < -0.3 is 4.90 Å². The van der Waals surface area contributed by atoms with Crippen LogP contribution in [0.5, 0.6) is 0 Å². The van der Waals surface area contributed by atoms with Gasteiger partial charge in [-0.15, -0.1) is 6.58 Å². The van der Waals surface area contributed by atoms with Crippen molar-refractivity contribution in [3.63, 3.8) is 0 Å². The van der Waals surface area contributed by atoms with Gasteiger partial charge in [0.25, 0.3) is 11.6 Å². The van der Waals surface area contributed by atoms with Gasteiger partial charge in [0.15, 0.2) is 0 Å². The zero-order valence-corrected chi connectivity index (χ0v) is 14.6. The summed E-state index contributed by atoms with van der Waals surface area (Å²) in [6.45, 7) is 5.31. The smallest absolute Gasteiger partial charge is 0.367 e. The van der Waals surface area contributed by atoms with Gasteiger partial charge in [-0.2, -0.15) is 26.3 Å². The average Bonchev–Trinajstić information content (AvgIpc) is 2.62. The van der Waals surface area contributed by atoms with E-state index in [1.165, 1.54) is 35.2 Å². The lowest BCUT2D eigenvalue weighted by atomic mass is 9.93. The zero-order valence-electron chi connectivity index (χ0n) is 14.6. The van der Waals surface area contributed by atoms with Crippen molar-refractivity contribution in [1.29, 1.82) is 0 Å². The van der Waals surface area contributed by atoms with Crippen LogP contribution in [0.2, 0.25) is 0 Å². The summed E-state index contributed by atoms with van der Waals surface area (Å²) in [5.41, 5.74) is -2.21. The number of rotatable bonds is 6. The Morgan fingerprint density at radius 3 is 1.93 bits per heavy atom. The van der Waals surface area contributed by atoms with Crippen molar-refractivity contribution < 1.29 is 35.9 Å². The number of carbonyl (C=O) groups excluding carboxylic acids is 2. The molecule has 0 unspecified atom stereocenters. The fourth-order valence-electron chi connectivity index (χ4n) is 2.90. The number of likely N-dealkylation sites (N-methyl/N-ethyl adjacent to an activating group) is 1. The molecule has 3 nitrogen and oxygen atoms in total. The molecule has 0 saturated carbocycles. The molecule has 0 aliphatic rings. The molecule has 0 radical (unpaired) electrons. The predicted octanol–water partition coefficient (Wildman–Crippen LogP) is 5.34. The van der Waals surface area contributed by atoms with E-state index in [0.29, 0.717) is 6.07 Å². The molecule has 0 heterocycles. The molecule has 0 aromatic heterocycles. The fourth-order valence-corrected chi connectivity index (χ4v) is 2.90. The Balaban J connectivity index is 2.99. The number of ketones is 2.